The third-order valence-electron chi connectivity index (χ3n) is 3.90. The molecule has 6 heteroatoms. The molecule has 6 nitrogen and oxygen atoms in total. The van der Waals surface area contributed by atoms with E-state index < -0.39 is 0 Å². The molecule has 1 aromatic carbocycles. The summed E-state index contributed by atoms with van der Waals surface area (Å²) in [7, 11) is 3.94. The molecule has 1 unspecified atom stereocenters. The monoisotopic (exact) mass is 290 g/mol. The van der Waals surface area contributed by atoms with Gasteiger partial charge in [-0.05, 0) is 38.1 Å². The van der Waals surface area contributed by atoms with Crippen molar-refractivity contribution in [1.82, 2.24) is 9.80 Å². The number of likely N-dealkylation sites (tertiary alicyclic amines) is 1. The summed E-state index contributed by atoms with van der Waals surface area (Å²) < 4.78 is 0. The van der Waals surface area contributed by atoms with E-state index in [1.54, 1.807) is 29.2 Å². The second kappa shape index (κ2) is 6.58. The zero-order valence-electron chi connectivity index (χ0n) is 12.5. The highest BCUT2D eigenvalue weighted by atomic mass is 16.4. The minimum atomic E-state index is -0.00406. The van der Waals surface area contributed by atoms with E-state index in [9.17, 15) is 4.79 Å². The maximum Gasteiger partial charge on any atom is 0.253 e. The molecule has 0 radical (unpaired) electrons. The van der Waals surface area contributed by atoms with Crippen LogP contribution in [0, 0.1) is 5.92 Å². The quantitative estimate of drug-likeness (QED) is 0.372. The van der Waals surface area contributed by atoms with Gasteiger partial charge in [0.1, 0.15) is 0 Å². The minimum absolute atomic E-state index is 0.00406. The Morgan fingerprint density at radius 2 is 2.05 bits per heavy atom. The van der Waals surface area contributed by atoms with Gasteiger partial charge >= 0.3 is 0 Å². The maximum absolute atomic E-state index is 12.4. The smallest absolute Gasteiger partial charge is 0.253 e. The van der Waals surface area contributed by atoms with Crippen LogP contribution in [0.15, 0.2) is 29.4 Å². The van der Waals surface area contributed by atoms with Crippen molar-refractivity contribution in [3.05, 3.63) is 35.4 Å². The van der Waals surface area contributed by atoms with Gasteiger partial charge in [-0.25, -0.2) is 0 Å². The fraction of sp³-hybridized carbons (Fsp3) is 0.467. The van der Waals surface area contributed by atoms with Gasteiger partial charge in [0.15, 0.2) is 5.84 Å². The van der Waals surface area contributed by atoms with Gasteiger partial charge in [0.05, 0.1) is 0 Å². The summed E-state index contributed by atoms with van der Waals surface area (Å²) >= 11 is 0. The zero-order valence-corrected chi connectivity index (χ0v) is 12.5. The van der Waals surface area contributed by atoms with Crippen molar-refractivity contribution in [2.75, 3.05) is 33.7 Å². The molecule has 1 fully saturated rings. The number of amidine groups is 1. The maximum atomic E-state index is 12.4. The fourth-order valence-corrected chi connectivity index (χ4v) is 2.71. The average molecular weight is 290 g/mol. The molecule has 21 heavy (non-hydrogen) atoms. The number of rotatable bonds is 4. The molecule has 1 aliphatic heterocycles. The molecular formula is C15H22N4O2. The lowest BCUT2D eigenvalue weighted by Gasteiger charge is -2.21. The van der Waals surface area contributed by atoms with Gasteiger partial charge in [0.25, 0.3) is 5.91 Å². The molecule has 1 amide bonds. The molecule has 1 aromatic rings. The molecule has 0 aliphatic carbocycles. The first-order valence-electron chi connectivity index (χ1n) is 7.03. The van der Waals surface area contributed by atoms with E-state index in [2.05, 4.69) is 17.1 Å². The van der Waals surface area contributed by atoms with Crippen LogP contribution < -0.4 is 5.73 Å². The molecule has 1 saturated heterocycles. The summed E-state index contributed by atoms with van der Waals surface area (Å²) in [6.07, 6.45) is 1.14. The molecule has 0 saturated carbocycles. The van der Waals surface area contributed by atoms with Gasteiger partial charge in [-0.1, -0.05) is 17.3 Å². The number of nitrogens with two attached hydrogens (primary N) is 1. The van der Waals surface area contributed by atoms with E-state index in [-0.39, 0.29) is 11.7 Å². The van der Waals surface area contributed by atoms with Gasteiger partial charge in [0.2, 0.25) is 0 Å². The number of hydrogen-bond donors (Lipinski definition) is 2. The Labute approximate surface area is 124 Å². The summed E-state index contributed by atoms with van der Waals surface area (Å²) in [5, 5.41) is 11.6. The Morgan fingerprint density at radius 1 is 1.43 bits per heavy atom. The predicted octanol–water partition coefficient (Wildman–Crippen LogP) is 0.805. The highest BCUT2D eigenvalue weighted by molar-refractivity contribution is 5.99. The van der Waals surface area contributed by atoms with Crippen LogP contribution in [0.2, 0.25) is 0 Å². The summed E-state index contributed by atoms with van der Waals surface area (Å²) in [5.41, 5.74) is 6.70. The number of nitrogens with zero attached hydrogens (tertiary/aromatic N) is 3. The standard InChI is InChI=1S/C15H22N4O2/c1-18-8-7-11(9-18)10-19(2)15(20)13-5-3-12(4-6-13)14(16)17-21/h3-6,11,21H,7-10H2,1-2H3,(H2,16,17). The second-order valence-electron chi connectivity index (χ2n) is 5.67. The van der Waals surface area contributed by atoms with Gasteiger partial charge in [0, 0.05) is 31.3 Å². The molecular weight excluding hydrogens is 268 g/mol. The second-order valence-corrected chi connectivity index (χ2v) is 5.67. The van der Waals surface area contributed by atoms with Crippen molar-refractivity contribution in [3.63, 3.8) is 0 Å². The minimum Gasteiger partial charge on any atom is -0.409 e. The average Bonchev–Trinajstić information content (AvgIpc) is 2.90. The molecule has 0 aromatic heterocycles. The first kappa shape index (κ1) is 15.3. The molecule has 0 spiro atoms. The Kier molecular flexibility index (Phi) is 4.80. The Morgan fingerprint density at radius 3 is 2.57 bits per heavy atom. The van der Waals surface area contributed by atoms with Crippen LogP contribution in [0.25, 0.3) is 0 Å². The van der Waals surface area contributed by atoms with E-state index >= 15 is 0 Å². The van der Waals surface area contributed by atoms with E-state index in [1.807, 2.05) is 7.05 Å². The van der Waals surface area contributed by atoms with Gasteiger partial charge < -0.3 is 20.7 Å². The number of carbonyl (C=O) groups is 1. The molecule has 114 valence electrons. The van der Waals surface area contributed by atoms with Gasteiger partial charge in [-0.15, -0.1) is 0 Å². The van der Waals surface area contributed by atoms with Crippen molar-refractivity contribution in [1.29, 1.82) is 0 Å². The number of carbonyl (C=O) groups excluding carboxylic acids is 1. The highest BCUT2D eigenvalue weighted by Gasteiger charge is 2.23. The van der Waals surface area contributed by atoms with Crippen molar-refractivity contribution in [2.24, 2.45) is 16.8 Å². The summed E-state index contributed by atoms with van der Waals surface area (Å²) in [6.45, 7) is 2.91. The van der Waals surface area contributed by atoms with E-state index in [1.165, 1.54) is 0 Å². The molecule has 2 rings (SSSR count). The summed E-state index contributed by atoms with van der Waals surface area (Å²) in [6, 6.07) is 6.76. The molecule has 3 N–H and O–H groups in total. The number of benzene rings is 1. The van der Waals surface area contributed by atoms with Crippen LogP contribution >= 0.6 is 0 Å². The lowest BCUT2D eigenvalue weighted by Crippen LogP contribution is -2.32. The number of oxime groups is 1. The summed E-state index contributed by atoms with van der Waals surface area (Å²) in [5.74, 6) is 0.576. The third-order valence-corrected chi connectivity index (χ3v) is 3.90. The van der Waals surface area contributed by atoms with Crippen LogP contribution in [0.1, 0.15) is 22.3 Å². The predicted molar refractivity (Wildman–Crippen MR) is 81.5 cm³/mol. The van der Waals surface area contributed by atoms with Crippen molar-refractivity contribution >= 4 is 11.7 Å². The van der Waals surface area contributed by atoms with Crippen LogP contribution in [0.5, 0.6) is 0 Å². The fourth-order valence-electron chi connectivity index (χ4n) is 2.71. The molecule has 1 atom stereocenters. The number of hydrogen-bond acceptors (Lipinski definition) is 4. The van der Waals surface area contributed by atoms with Crippen molar-refractivity contribution in [3.8, 4) is 0 Å². The SMILES string of the molecule is CN1CCC(CN(C)C(=O)c2ccc(C(N)=NO)cc2)C1. The lowest BCUT2D eigenvalue weighted by molar-refractivity contribution is 0.0774. The summed E-state index contributed by atoms with van der Waals surface area (Å²) in [4.78, 5) is 16.4. The first-order valence-corrected chi connectivity index (χ1v) is 7.03. The largest absolute Gasteiger partial charge is 0.409 e. The normalized spacial score (nSPS) is 19.7. The first-order chi connectivity index (χ1) is 10.0. The Hall–Kier alpha value is -2.08. The topological polar surface area (TPSA) is 82.2 Å². The van der Waals surface area contributed by atoms with Crippen molar-refractivity contribution < 1.29 is 10.0 Å². The highest BCUT2D eigenvalue weighted by Crippen LogP contribution is 2.16. The third kappa shape index (κ3) is 3.72. The zero-order chi connectivity index (χ0) is 15.4. The van der Waals surface area contributed by atoms with Crippen LogP contribution in [-0.2, 0) is 0 Å². The Bertz CT molecular complexity index is 527. The van der Waals surface area contributed by atoms with Crippen LogP contribution in [0.3, 0.4) is 0 Å². The lowest BCUT2D eigenvalue weighted by atomic mass is 10.1. The van der Waals surface area contributed by atoms with E-state index in [0.29, 0.717) is 17.0 Å². The van der Waals surface area contributed by atoms with Crippen LogP contribution in [-0.4, -0.2) is 60.5 Å². The molecule has 1 heterocycles. The molecule has 1 aliphatic rings. The Balaban J connectivity index is 1.98. The van der Waals surface area contributed by atoms with Crippen molar-refractivity contribution in [2.45, 2.75) is 6.42 Å². The van der Waals surface area contributed by atoms with Gasteiger partial charge in [-0.3, -0.25) is 4.79 Å². The van der Waals surface area contributed by atoms with Crippen LogP contribution in [0.4, 0.5) is 0 Å². The number of amides is 1. The van der Waals surface area contributed by atoms with E-state index in [4.69, 9.17) is 10.9 Å². The van der Waals surface area contributed by atoms with E-state index in [0.717, 1.165) is 26.1 Å². The van der Waals surface area contributed by atoms with Gasteiger partial charge in [-0.2, -0.15) is 0 Å². The molecule has 0 bridgehead atoms.